The summed E-state index contributed by atoms with van der Waals surface area (Å²) in [6, 6.07) is 1.78. The van der Waals surface area contributed by atoms with Gasteiger partial charge in [0.15, 0.2) is 24.1 Å². The predicted octanol–water partition coefficient (Wildman–Crippen LogP) is 3.35. The van der Waals surface area contributed by atoms with Crippen LogP contribution in [0.3, 0.4) is 0 Å². The van der Waals surface area contributed by atoms with Crippen molar-refractivity contribution in [2.24, 2.45) is 5.92 Å². The zero-order valence-electron chi connectivity index (χ0n) is 13.2. The molecule has 130 valence electrons. The lowest BCUT2D eigenvalue weighted by Crippen LogP contribution is -2.34. The Morgan fingerprint density at radius 2 is 2.17 bits per heavy atom. The van der Waals surface area contributed by atoms with Crippen molar-refractivity contribution in [3.05, 3.63) is 16.8 Å². The standard InChI is InChI=1S/C15H17ClFN3O3S/c1-3-8-5-21-13-11(6-22-12(8)13)23-15-19-14-10(20(15)24-17)4-9(16)7(2)18-14/h4,8,11-13H,3,5-6H2,1-2H3/t8?,11?,12-,13-/m1/s1. The quantitative estimate of drug-likeness (QED) is 0.819. The van der Waals surface area contributed by atoms with Crippen LogP contribution in [0.2, 0.25) is 5.02 Å². The van der Waals surface area contributed by atoms with E-state index in [1.807, 2.05) is 0 Å². The molecule has 4 heterocycles. The van der Waals surface area contributed by atoms with Crippen LogP contribution < -0.4 is 4.74 Å². The van der Waals surface area contributed by atoms with Gasteiger partial charge < -0.3 is 14.2 Å². The molecule has 2 saturated heterocycles. The van der Waals surface area contributed by atoms with E-state index in [-0.39, 0.29) is 36.7 Å². The summed E-state index contributed by atoms with van der Waals surface area (Å²) in [5.41, 5.74) is 1.51. The molecule has 2 aromatic heterocycles. The van der Waals surface area contributed by atoms with E-state index in [2.05, 4.69) is 16.9 Å². The van der Waals surface area contributed by atoms with Crippen LogP contribution in [-0.4, -0.2) is 45.5 Å². The topological polar surface area (TPSA) is 58.4 Å². The van der Waals surface area contributed by atoms with E-state index in [0.717, 1.165) is 6.42 Å². The largest absolute Gasteiger partial charge is 0.455 e. The first kappa shape index (κ1) is 16.4. The van der Waals surface area contributed by atoms with Crippen molar-refractivity contribution in [2.45, 2.75) is 38.6 Å². The lowest BCUT2D eigenvalue weighted by molar-refractivity contribution is 0.0253. The van der Waals surface area contributed by atoms with Crippen molar-refractivity contribution in [1.82, 2.24) is 13.9 Å². The van der Waals surface area contributed by atoms with E-state index in [1.54, 1.807) is 13.0 Å². The average Bonchev–Trinajstić information content (AvgIpc) is 3.22. The van der Waals surface area contributed by atoms with E-state index in [9.17, 15) is 3.89 Å². The molecule has 2 unspecified atom stereocenters. The Hall–Kier alpha value is -1.09. The second kappa shape index (κ2) is 6.33. The van der Waals surface area contributed by atoms with Crippen molar-refractivity contribution >= 4 is 35.1 Å². The fraction of sp³-hybridized carbons (Fsp3) is 0.600. The van der Waals surface area contributed by atoms with Crippen LogP contribution >= 0.6 is 23.9 Å². The summed E-state index contributed by atoms with van der Waals surface area (Å²) >= 11 is 6.09. The van der Waals surface area contributed by atoms with Gasteiger partial charge in [-0.25, -0.2) is 8.96 Å². The minimum atomic E-state index is -0.314. The maximum absolute atomic E-state index is 13.5. The molecule has 2 aliphatic heterocycles. The van der Waals surface area contributed by atoms with Gasteiger partial charge in [0.05, 0.1) is 30.0 Å². The van der Waals surface area contributed by atoms with Crippen LogP contribution in [0.25, 0.3) is 11.2 Å². The van der Waals surface area contributed by atoms with Crippen LogP contribution in [0, 0.1) is 12.8 Å². The van der Waals surface area contributed by atoms with E-state index < -0.39 is 0 Å². The van der Waals surface area contributed by atoms with Crippen molar-refractivity contribution in [2.75, 3.05) is 13.2 Å². The van der Waals surface area contributed by atoms with E-state index in [0.29, 0.717) is 41.0 Å². The maximum atomic E-state index is 13.5. The maximum Gasteiger partial charge on any atom is 0.311 e. The molecule has 2 fully saturated rings. The summed E-state index contributed by atoms with van der Waals surface area (Å²) in [5.74, 6) is 0.376. The van der Waals surface area contributed by atoms with E-state index in [1.165, 1.54) is 3.97 Å². The molecule has 0 N–H and O–H groups in total. The highest BCUT2D eigenvalue weighted by atomic mass is 35.5. The van der Waals surface area contributed by atoms with Crippen LogP contribution in [0.1, 0.15) is 19.0 Å². The van der Waals surface area contributed by atoms with Gasteiger partial charge >= 0.3 is 6.01 Å². The Kier molecular flexibility index (Phi) is 4.32. The molecule has 6 nitrogen and oxygen atoms in total. The number of aromatic nitrogens is 3. The first-order valence-electron chi connectivity index (χ1n) is 7.87. The number of pyridine rings is 1. The monoisotopic (exact) mass is 373 g/mol. The molecule has 2 aliphatic rings. The molecular formula is C15H17ClFN3O3S. The second-order valence-electron chi connectivity index (χ2n) is 6.08. The summed E-state index contributed by atoms with van der Waals surface area (Å²) in [4.78, 5) is 8.59. The van der Waals surface area contributed by atoms with Gasteiger partial charge in [-0.3, -0.25) is 0 Å². The molecule has 0 amide bonds. The fourth-order valence-corrected chi connectivity index (χ4v) is 3.80. The summed E-state index contributed by atoms with van der Waals surface area (Å²) in [7, 11) is 0. The molecule has 0 bridgehead atoms. The Bertz CT molecular complexity index is 774. The Balaban J connectivity index is 1.63. The number of hydrogen-bond acceptors (Lipinski definition) is 6. The Morgan fingerprint density at radius 3 is 2.92 bits per heavy atom. The summed E-state index contributed by atoms with van der Waals surface area (Å²) in [6.45, 7) is 4.96. The fourth-order valence-electron chi connectivity index (χ4n) is 3.30. The lowest BCUT2D eigenvalue weighted by atomic mass is 9.99. The van der Waals surface area contributed by atoms with Crippen LogP contribution in [0.15, 0.2) is 6.07 Å². The molecule has 0 spiro atoms. The third-order valence-corrected chi connectivity index (χ3v) is 5.54. The Morgan fingerprint density at radius 1 is 1.38 bits per heavy atom. The van der Waals surface area contributed by atoms with E-state index in [4.69, 9.17) is 25.8 Å². The van der Waals surface area contributed by atoms with Crippen molar-refractivity contribution < 1.29 is 18.1 Å². The third-order valence-electron chi connectivity index (χ3n) is 4.67. The van der Waals surface area contributed by atoms with Crippen molar-refractivity contribution in [3.63, 3.8) is 0 Å². The summed E-state index contributed by atoms with van der Waals surface area (Å²) < 4.78 is 32.3. The number of rotatable bonds is 4. The minimum Gasteiger partial charge on any atom is -0.455 e. The molecule has 4 atom stereocenters. The van der Waals surface area contributed by atoms with Gasteiger partial charge in [-0.2, -0.15) is 4.98 Å². The van der Waals surface area contributed by atoms with Gasteiger partial charge in [0.25, 0.3) is 0 Å². The van der Waals surface area contributed by atoms with Gasteiger partial charge in [-0.05, 0) is 19.4 Å². The van der Waals surface area contributed by atoms with Gasteiger partial charge in [-0.1, -0.05) is 18.5 Å². The highest BCUT2D eigenvalue weighted by Gasteiger charge is 2.48. The van der Waals surface area contributed by atoms with Gasteiger partial charge in [0.2, 0.25) is 0 Å². The predicted molar refractivity (Wildman–Crippen MR) is 89.0 cm³/mol. The SMILES string of the molecule is CCC1CO[C@@H]2C(Oc3nc4nc(C)c(Cl)cc4n3SF)CO[C@H]12. The molecule has 0 saturated carbocycles. The third kappa shape index (κ3) is 2.56. The molecule has 0 aliphatic carbocycles. The Labute approximate surface area is 148 Å². The number of hydrogen-bond donors (Lipinski definition) is 0. The number of imidazole rings is 1. The second-order valence-corrected chi connectivity index (χ2v) is 6.99. The number of ether oxygens (including phenoxy) is 3. The van der Waals surface area contributed by atoms with Gasteiger partial charge in [-0.15, -0.1) is 3.89 Å². The number of nitrogens with zero attached hydrogens (tertiary/aromatic N) is 3. The average molecular weight is 374 g/mol. The van der Waals surface area contributed by atoms with Crippen LogP contribution in [-0.2, 0) is 9.47 Å². The summed E-state index contributed by atoms with van der Waals surface area (Å²) in [5, 5.41) is 0.457. The molecule has 9 heteroatoms. The molecule has 4 rings (SSSR count). The molecule has 0 aromatic carbocycles. The zero-order valence-corrected chi connectivity index (χ0v) is 14.8. The zero-order chi connectivity index (χ0) is 16.8. The molecular weight excluding hydrogens is 357 g/mol. The van der Waals surface area contributed by atoms with E-state index >= 15 is 0 Å². The minimum absolute atomic E-state index is 0.00870. The smallest absolute Gasteiger partial charge is 0.311 e. The lowest BCUT2D eigenvalue weighted by Gasteiger charge is -2.17. The van der Waals surface area contributed by atoms with Gasteiger partial charge in [0, 0.05) is 5.92 Å². The van der Waals surface area contributed by atoms with Crippen molar-refractivity contribution in [3.8, 4) is 6.01 Å². The first-order valence-corrected chi connectivity index (χ1v) is 8.92. The number of fused-ring (bicyclic) bond motifs is 2. The van der Waals surface area contributed by atoms with Crippen LogP contribution in [0.5, 0.6) is 6.01 Å². The van der Waals surface area contributed by atoms with Crippen LogP contribution in [0.4, 0.5) is 3.89 Å². The normalized spacial score (nSPS) is 29.3. The number of aryl methyl sites for hydroxylation is 1. The molecule has 2 aromatic rings. The van der Waals surface area contributed by atoms with Gasteiger partial charge in [0.1, 0.15) is 11.6 Å². The highest BCUT2D eigenvalue weighted by molar-refractivity contribution is 7.93. The highest BCUT2D eigenvalue weighted by Crippen LogP contribution is 2.36. The molecule has 0 radical (unpaired) electrons. The molecule has 24 heavy (non-hydrogen) atoms. The number of halogens is 2. The first-order chi connectivity index (χ1) is 11.6. The summed E-state index contributed by atoms with van der Waals surface area (Å²) in [6.07, 6.45) is 0.566. The van der Waals surface area contributed by atoms with Crippen molar-refractivity contribution in [1.29, 1.82) is 0 Å².